The molecule has 0 atom stereocenters. The van der Waals surface area contributed by atoms with Crippen LogP contribution in [0.3, 0.4) is 0 Å². The quantitative estimate of drug-likeness (QED) is 0.625. The van der Waals surface area contributed by atoms with Crippen molar-refractivity contribution in [3.63, 3.8) is 0 Å². The molecule has 0 saturated heterocycles. The second-order valence-corrected chi connectivity index (χ2v) is 5.17. The second-order valence-electron chi connectivity index (χ2n) is 4.05. The zero-order chi connectivity index (χ0) is 14.2. The van der Waals surface area contributed by atoms with Gasteiger partial charge in [0.2, 0.25) is 0 Å². The summed E-state index contributed by atoms with van der Waals surface area (Å²) in [5, 5.41) is 9.61. The number of rotatable bonds is 7. The standard InChI is InChI=1S/C15H15NO3S/c17-15(18)12-7-8-16-14(11-12)20-10-4-9-19-13-5-2-1-3-6-13/h1-3,5-8,11H,4,9-10H2,(H,17,18). The predicted molar refractivity (Wildman–Crippen MR) is 78.5 cm³/mol. The number of thioether (sulfide) groups is 1. The highest BCUT2D eigenvalue weighted by Crippen LogP contribution is 2.17. The van der Waals surface area contributed by atoms with E-state index in [1.54, 1.807) is 6.07 Å². The SMILES string of the molecule is O=C(O)c1ccnc(SCCCOc2ccccc2)c1. The van der Waals surface area contributed by atoms with Crippen molar-refractivity contribution in [3.8, 4) is 5.75 Å². The molecule has 1 aromatic heterocycles. The van der Waals surface area contributed by atoms with Crippen molar-refractivity contribution in [3.05, 3.63) is 54.2 Å². The number of nitrogens with zero attached hydrogens (tertiary/aromatic N) is 1. The first kappa shape index (κ1) is 14.4. The predicted octanol–water partition coefficient (Wildman–Crippen LogP) is 3.34. The molecule has 0 aliphatic rings. The summed E-state index contributed by atoms with van der Waals surface area (Å²) in [7, 11) is 0. The van der Waals surface area contributed by atoms with Crippen LogP contribution in [0, 0.1) is 0 Å². The fourth-order valence-electron chi connectivity index (χ4n) is 1.56. The highest BCUT2D eigenvalue weighted by atomic mass is 32.2. The van der Waals surface area contributed by atoms with E-state index in [0.29, 0.717) is 6.61 Å². The van der Waals surface area contributed by atoms with Gasteiger partial charge in [-0.15, -0.1) is 11.8 Å². The third-order valence-corrected chi connectivity index (χ3v) is 3.54. The minimum atomic E-state index is -0.929. The van der Waals surface area contributed by atoms with E-state index in [2.05, 4.69) is 4.98 Å². The maximum absolute atomic E-state index is 10.8. The van der Waals surface area contributed by atoms with E-state index in [9.17, 15) is 4.79 Å². The fourth-order valence-corrected chi connectivity index (χ4v) is 2.38. The smallest absolute Gasteiger partial charge is 0.335 e. The van der Waals surface area contributed by atoms with Crippen molar-refractivity contribution < 1.29 is 14.6 Å². The fraction of sp³-hybridized carbons (Fsp3) is 0.200. The maximum Gasteiger partial charge on any atom is 0.335 e. The van der Waals surface area contributed by atoms with Crippen LogP contribution in [0.25, 0.3) is 0 Å². The van der Waals surface area contributed by atoms with Crippen LogP contribution < -0.4 is 4.74 Å². The Morgan fingerprint density at radius 2 is 2.05 bits per heavy atom. The van der Waals surface area contributed by atoms with Gasteiger partial charge in [-0.3, -0.25) is 0 Å². The van der Waals surface area contributed by atoms with Gasteiger partial charge in [-0.1, -0.05) is 18.2 Å². The number of aromatic carboxylic acids is 1. The second kappa shape index (κ2) is 7.55. The summed E-state index contributed by atoms with van der Waals surface area (Å²) in [6, 6.07) is 12.7. The average molecular weight is 289 g/mol. The summed E-state index contributed by atoms with van der Waals surface area (Å²) in [6.45, 7) is 0.635. The zero-order valence-electron chi connectivity index (χ0n) is 10.9. The lowest BCUT2D eigenvalue weighted by Gasteiger charge is -2.05. The first-order chi connectivity index (χ1) is 9.75. The van der Waals surface area contributed by atoms with E-state index in [0.717, 1.165) is 22.9 Å². The molecule has 20 heavy (non-hydrogen) atoms. The van der Waals surface area contributed by atoms with Gasteiger partial charge in [-0.25, -0.2) is 9.78 Å². The highest BCUT2D eigenvalue weighted by molar-refractivity contribution is 7.99. The monoisotopic (exact) mass is 289 g/mol. The first-order valence-electron chi connectivity index (χ1n) is 6.26. The van der Waals surface area contributed by atoms with Crippen molar-refractivity contribution in [1.82, 2.24) is 4.98 Å². The Bertz CT molecular complexity index is 560. The summed E-state index contributed by atoms with van der Waals surface area (Å²) in [5.74, 6) is 0.772. The molecule has 1 heterocycles. The molecule has 0 bridgehead atoms. The van der Waals surface area contributed by atoms with Gasteiger partial charge in [0.05, 0.1) is 17.2 Å². The minimum absolute atomic E-state index is 0.267. The van der Waals surface area contributed by atoms with Crippen LogP contribution in [0.5, 0.6) is 5.75 Å². The van der Waals surface area contributed by atoms with E-state index < -0.39 is 5.97 Å². The lowest BCUT2D eigenvalue weighted by molar-refractivity contribution is 0.0696. The number of carboxylic acid groups (broad SMARTS) is 1. The Hall–Kier alpha value is -2.01. The number of aromatic nitrogens is 1. The van der Waals surface area contributed by atoms with Gasteiger partial charge in [0.25, 0.3) is 0 Å². The molecule has 0 radical (unpaired) electrons. The van der Waals surface area contributed by atoms with Crippen molar-refractivity contribution in [2.24, 2.45) is 0 Å². The average Bonchev–Trinajstić information content (AvgIpc) is 2.48. The van der Waals surface area contributed by atoms with Crippen molar-refractivity contribution in [1.29, 1.82) is 0 Å². The molecule has 5 heteroatoms. The maximum atomic E-state index is 10.8. The molecule has 0 spiro atoms. The lowest BCUT2D eigenvalue weighted by Crippen LogP contribution is -1.99. The molecule has 1 aromatic carbocycles. The van der Waals surface area contributed by atoms with Crippen LogP contribution in [0.15, 0.2) is 53.7 Å². The van der Waals surface area contributed by atoms with Crippen molar-refractivity contribution in [2.75, 3.05) is 12.4 Å². The van der Waals surface area contributed by atoms with Crippen LogP contribution in [0.2, 0.25) is 0 Å². The van der Waals surface area contributed by atoms with Gasteiger partial charge in [0.15, 0.2) is 0 Å². The first-order valence-corrected chi connectivity index (χ1v) is 7.24. The molecule has 1 N–H and O–H groups in total. The van der Waals surface area contributed by atoms with Gasteiger partial charge >= 0.3 is 5.97 Å². The summed E-state index contributed by atoms with van der Waals surface area (Å²) < 4.78 is 5.58. The van der Waals surface area contributed by atoms with E-state index in [4.69, 9.17) is 9.84 Å². The van der Waals surface area contributed by atoms with E-state index in [-0.39, 0.29) is 5.56 Å². The molecule has 0 saturated carbocycles. The Morgan fingerprint density at radius 3 is 2.80 bits per heavy atom. The Labute approximate surface area is 121 Å². The summed E-state index contributed by atoms with van der Waals surface area (Å²) in [5.41, 5.74) is 0.267. The molecule has 104 valence electrons. The lowest BCUT2D eigenvalue weighted by atomic mass is 10.3. The van der Waals surface area contributed by atoms with Crippen LogP contribution in [0.4, 0.5) is 0 Å². The largest absolute Gasteiger partial charge is 0.494 e. The number of carboxylic acids is 1. The summed E-state index contributed by atoms with van der Waals surface area (Å²) >= 11 is 1.53. The van der Waals surface area contributed by atoms with Gasteiger partial charge in [0, 0.05) is 11.9 Å². The third-order valence-electron chi connectivity index (χ3n) is 2.53. The van der Waals surface area contributed by atoms with Gasteiger partial charge in [-0.2, -0.15) is 0 Å². The van der Waals surface area contributed by atoms with Gasteiger partial charge in [0.1, 0.15) is 5.75 Å². The molecule has 2 aromatic rings. The molecule has 0 aliphatic carbocycles. The number of para-hydroxylation sites is 1. The number of hydrogen-bond donors (Lipinski definition) is 1. The number of ether oxygens (including phenoxy) is 1. The molecule has 0 fully saturated rings. The number of pyridine rings is 1. The number of hydrogen-bond acceptors (Lipinski definition) is 4. The number of benzene rings is 1. The normalized spacial score (nSPS) is 10.2. The summed E-state index contributed by atoms with van der Waals surface area (Å²) in [6.07, 6.45) is 2.39. The molecule has 0 aliphatic heterocycles. The van der Waals surface area contributed by atoms with E-state index in [1.807, 2.05) is 30.3 Å². The molecular weight excluding hydrogens is 274 g/mol. The Morgan fingerprint density at radius 1 is 1.25 bits per heavy atom. The van der Waals surface area contributed by atoms with Crippen LogP contribution in [-0.4, -0.2) is 28.4 Å². The zero-order valence-corrected chi connectivity index (χ0v) is 11.7. The third kappa shape index (κ3) is 4.59. The van der Waals surface area contributed by atoms with Crippen molar-refractivity contribution in [2.45, 2.75) is 11.4 Å². The molecule has 4 nitrogen and oxygen atoms in total. The Balaban J connectivity index is 1.71. The van der Waals surface area contributed by atoms with Crippen LogP contribution in [-0.2, 0) is 0 Å². The number of carbonyl (C=O) groups is 1. The molecule has 0 unspecified atom stereocenters. The van der Waals surface area contributed by atoms with Crippen molar-refractivity contribution >= 4 is 17.7 Å². The highest BCUT2D eigenvalue weighted by Gasteiger charge is 2.04. The summed E-state index contributed by atoms with van der Waals surface area (Å²) in [4.78, 5) is 15.0. The van der Waals surface area contributed by atoms with Crippen LogP contribution >= 0.6 is 11.8 Å². The van der Waals surface area contributed by atoms with E-state index >= 15 is 0 Å². The van der Waals surface area contributed by atoms with E-state index in [1.165, 1.54) is 24.0 Å². The molecular formula is C15H15NO3S. The molecule has 0 amide bonds. The molecule has 2 rings (SSSR count). The topological polar surface area (TPSA) is 59.4 Å². The van der Waals surface area contributed by atoms with Gasteiger partial charge in [-0.05, 0) is 30.7 Å². The van der Waals surface area contributed by atoms with Gasteiger partial charge < -0.3 is 9.84 Å². The Kier molecular flexibility index (Phi) is 5.43. The minimum Gasteiger partial charge on any atom is -0.494 e. The van der Waals surface area contributed by atoms with Crippen LogP contribution in [0.1, 0.15) is 16.8 Å².